The zero-order chi connectivity index (χ0) is 14.5. The molecule has 1 heterocycles. The van der Waals surface area contributed by atoms with Crippen LogP contribution in [0.5, 0.6) is 5.75 Å². The summed E-state index contributed by atoms with van der Waals surface area (Å²) in [4.78, 5) is 2.16. The zero-order valence-corrected chi connectivity index (χ0v) is 11.2. The molecule has 0 atom stereocenters. The quantitative estimate of drug-likeness (QED) is 0.626. The van der Waals surface area contributed by atoms with Gasteiger partial charge in [0.1, 0.15) is 6.61 Å². The Morgan fingerprint density at radius 1 is 1.30 bits per heavy atom. The Morgan fingerprint density at radius 2 is 2.00 bits per heavy atom. The molecule has 0 aromatic heterocycles. The highest BCUT2D eigenvalue weighted by Gasteiger charge is 2.17. The van der Waals surface area contributed by atoms with E-state index in [-0.39, 0.29) is 17.3 Å². The van der Waals surface area contributed by atoms with Gasteiger partial charge in [0.2, 0.25) is 0 Å². The first-order chi connectivity index (χ1) is 9.56. The number of aliphatic hydroxyl groups is 1. The van der Waals surface area contributed by atoms with E-state index in [0.717, 1.165) is 32.0 Å². The molecule has 0 bridgehead atoms. The maximum atomic E-state index is 13.6. The van der Waals surface area contributed by atoms with Gasteiger partial charge in [-0.1, -0.05) is 6.07 Å². The summed E-state index contributed by atoms with van der Waals surface area (Å²) in [6.45, 7) is 2.68. The number of hydrogen-bond acceptors (Lipinski definition) is 5. The smallest absolute Gasteiger partial charge is 0.488 e. The van der Waals surface area contributed by atoms with Gasteiger partial charge in [-0.15, -0.1) is 0 Å². The highest BCUT2D eigenvalue weighted by molar-refractivity contribution is 6.58. The van der Waals surface area contributed by atoms with Gasteiger partial charge in [-0.25, -0.2) is 4.39 Å². The van der Waals surface area contributed by atoms with Crippen LogP contribution in [-0.2, 0) is 0 Å². The Bertz CT molecular complexity index is 438. The van der Waals surface area contributed by atoms with E-state index in [1.165, 1.54) is 12.1 Å². The van der Waals surface area contributed by atoms with E-state index in [0.29, 0.717) is 13.2 Å². The van der Waals surface area contributed by atoms with Gasteiger partial charge in [0.25, 0.3) is 0 Å². The lowest BCUT2D eigenvalue weighted by atomic mass is 9.80. The SMILES string of the molecule is OB(O)c1ccc(OCCN2CCC(O)CC2)c(F)c1. The van der Waals surface area contributed by atoms with E-state index in [4.69, 9.17) is 14.8 Å². The summed E-state index contributed by atoms with van der Waals surface area (Å²) in [7, 11) is -1.68. The minimum Gasteiger partial charge on any atom is -0.489 e. The number of likely N-dealkylation sites (tertiary alicyclic amines) is 1. The van der Waals surface area contributed by atoms with E-state index in [9.17, 15) is 9.50 Å². The monoisotopic (exact) mass is 283 g/mol. The standard InChI is InChI=1S/C13H19BFNO4/c15-12-9-10(14(18)19)1-2-13(12)20-8-7-16-5-3-11(17)4-6-16/h1-2,9,11,17-19H,3-8H2. The van der Waals surface area contributed by atoms with Crippen molar-refractivity contribution < 1.29 is 24.3 Å². The minimum atomic E-state index is -1.68. The molecule has 0 unspecified atom stereocenters. The normalized spacial score (nSPS) is 17.2. The van der Waals surface area contributed by atoms with Crippen LogP contribution in [0, 0.1) is 5.82 Å². The molecule has 0 spiro atoms. The second-order valence-corrected chi connectivity index (χ2v) is 4.98. The molecule has 3 N–H and O–H groups in total. The molecule has 1 aromatic rings. The molecule has 1 saturated heterocycles. The lowest BCUT2D eigenvalue weighted by molar-refractivity contribution is 0.0752. The van der Waals surface area contributed by atoms with Gasteiger partial charge in [-0.3, -0.25) is 4.90 Å². The van der Waals surface area contributed by atoms with Crippen molar-refractivity contribution in [3.63, 3.8) is 0 Å². The lowest BCUT2D eigenvalue weighted by Gasteiger charge is -2.29. The molecule has 1 aliphatic rings. The maximum Gasteiger partial charge on any atom is 0.488 e. The molecule has 1 fully saturated rings. The zero-order valence-electron chi connectivity index (χ0n) is 11.2. The van der Waals surface area contributed by atoms with Crippen LogP contribution < -0.4 is 10.2 Å². The van der Waals surface area contributed by atoms with E-state index in [1.807, 2.05) is 0 Å². The fourth-order valence-electron chi connectivity index (χ4n) is 2.22. The second kappa shape index (κ2) is 7.03. The van der Waals surface area contributed by atoms with Crippen molar-refractivity contribution in [2.24, 2.45) is 0 Å². The van der Waals surface area contributed by atoms with Gasteiger partial charge < -0.3 is 19.9 Å². The predicted molar refractivity (Wildman–Crippen MR) is 73.4 cm³/mol. The molecule has 20 heavy (non-hydrogen) atoms. The molecule has 0 radical (unpaired) electrons. The molecular formula is C13H19BFNO4. The highest BCUT2D eigenvalue weighted by Crippen LogP contribution is 2.15. The average Bonchev–Trinajstić information content (AvgIpc) is 2.42. The first-order valence-electron chi connectivity index (χ1n) is 6.75. The fraction of sp³-hybridized carbons (Fsp3) is 0.538. The number of nitrogens with zero attached hydrogens (tertiary/aromatic N) is 1. The van der Waals surface area contributed by atoms with E-state index < -0.39 is 12.9 Å². The van der Waals surface area contributed by atoms with Crippen LogP contribution in [0.2, 0.25) is 0 Å². The molecular weight excluding hydrogens is 264 g/mol. The summed E-state index contributed by atoms with van der Waals surface area (Å²) in [5, 5.41) is 27.2. The van der Waals surface area contributed by atoms with Crippen molar-refractivity contribution in [2.45, 2.75) is 18.9 Å². The number of hydrogen-bond donors (Lipinski definition) is 3. The first kappa shape index (κ1) is 15.2. The average molecular weight is 283 g/mol. The van der Waals surface area contributed by atoms with Gasteiger partial charge in [-0.2, -0.15) is 0 Å². The molecule has 0 aliphatic carbocycles. The molecule has 0 amide bonds. The fourth-order valence-corrected chi connectivity index (χ4v) is 2.22. The lowest BCUT2D eigenvalue weighted by Crippen LogP contribution is -2.38. The van der Waals surface area contributed by atoms with Crippen LogP contribution in [-0.4, -0.2) is 59.5 Å². The molecule has 7 heteroatoms. The third-order valence-corrected chi connectivity index (χ3v) is 3.48. The van der Waals surface area contributed by atoms with E-state index in [2.05, 4.69) is 4.90 Å². The van der Waals surface area contributed by atoms with Crippen molar-refractivity contribution in [2.75, 3.05) is 26.2 Å². The van der Waals surface area contributed by atoms with Crippen molar-refractivity contribution in [1.29, 1.82) is 0 Å². The molecule has 1 aromatic carbocycles. The van der Waals surface area contributed by atoms with Gasteiger partial charge in [-0.05, 0) is 30.4 Å². The topological polar surface area (TPSA) is 73.2 Å². The number of aliphatic hydroxyl groups excluding tert-OH is 1. The van der Waals surface area contributed by atoms with Crippen molar-refractivity contribution in [1.82, 2.24) is 4.90 Å². The van der Waals surface area contributed by atoms with Crippen LogP contribution in [0.25, 0.3) is 0 Å². The Labute approximate surface area is 117 Å². The largest absolute Gasteiger partial charge is 0.489 e. The predicted octanol–water partition coefficient (Wildman–Crippen LogP) is -0.659. The van der Waals surface area contributed by atoms with Crippen LogP contribution in [0.1, 0.15) is 12.8 Å². The molecule has 0 saturated carbocycles. The van der Waals surface area contributed by atoms with Gasteiger partial charge in [0.15, 0.2) is 11.6 Å². The first-order valence-corrected chi connectivity index (χ1v) is 6.75. The van der Waals surface area contributed by atoms with Gasteiger partial charge >= 0.3 is 7.12 Å². The van der Waals surface area contributed by atoms with Crippen LogP contribution >= 0.6 is 0 Å². The van der Waals surface area contributed by atoms with Gasteiger partial charge in [0.05, 0.1) is 6.10 Å². The summed E-state index contributed by atoms with van der Waals surface area (Å²) in [6.07, 6.45) is 1.32. The van der Waals surface area contributed by atoms with Crippen molar-refractivity contribution >= 4 is 12.6 Å². The summed E-state index contributed by atoms with van der Waals surface area (Å²) in [5.41, 5.74) is 0.0971. The molecule has 2 rings (SSSR count). The minimum absolute atomic E-state index is 0.0971. The van der Waals surface area contributed by atoms with E-state index >= 15 is 0 Å². The number of halogens is 1. The number of ether oxygens (including phenoxy) is 1. The second-order valence-electron chi connectivity index (χ2n) is 4.98. The van der Waals surface area contributed by atoms with Gasteiger partial charge in [0, 0.05) is 19.6 Å². The Balaban J connectivity index is 1.79. The summed E-state index contributed by atoms with van der Waals surface area (Å²) in [6, 6.07) is 3.86. The highest BCUT2D eigenvalue weighted by atomic mass is 19.1. The van der Waals surface area contributed by atoms with Crippen LogP contribution in [0.3, 0.4) is 0 Å². The summed E-state index contributed by atoms with van der Waals surface area (Å²) < 4.78 is 19.0. The van der Waals surface area contributed by atoms with E-state index in [1.54, 1.807) is 0 Å². The maximum absolute atomic E-state index is 13.6. The Hall–Kier alpha value is -1.15. The number of piperidine rings is 1. The molecule has 110 valence electrons. The van der Waals surface area contributed by atoms with Crippen molar-refractivity contribution in [3.8, 4) is 5.75 Å². The Kier molecular flexibility index (Phi) is 5.36. The Morgan fingerprint density at radius 3 is 2.60 bits per heavy atom. The van der Waals surface area contributed by atoms with Crippen LogP contribution in [0.4, 0.5) is 4.39 Å². The third-order valence-electron chi connectivity index (χ3n) is 3.48. The molecule has 5 nitrogen and oxygen atoms in total. The summed E-state index contributed by atoms with van der Waals surface area (Å²) >= 11 is 0. The third kappa shape index (κ3) is 4.18. The summed E-state index contributed by atoms with van der Waals surface area (Å²) in [5.74, 6) is -0.504. The number of benzene rings is 1. The van der Waals surface area contributed by atoms with Crippen LogP contribution in [0.15, 0.2) is 18.2 Å². The van der Waals surface area contributed by atoms with Crippen molar-refractivity contribution in [3.05, 3.63) is 24.0 Å². The number of rotatable bonds is 5. The molecule has 1 aliphatic heterocycles.